The summed E-state index contributed by atoms with van der Waals surface area (Å²) in [6.07, 6.45) is 5.76. The van der Waals surface area contributed by atoms with Gasteiger partial charge in [-0.2, -0.15) is 6.42 Å². The number of imidazole rings is 1. The van der Waals surface area contributed by atoms with Crippen molar-refractivity contribution < 1.29 is 21.3 Å². The molecule has 3 nitrogen and oxygen atoms in total. The van der Waals surface area contributed by atoms with E-state index in [2.05, 4.69) is 25.8 Å². The molecule has 1 aromatic rings. The fourth-order valence-corrected chi connectivity index (χ4v) is 1.32. The van der Waals surface area contributed by atoms with Crippen LogP contribution in [0.1, 0.15) is 38.7 Å². The molecule has 0 fully saturated rings. The summed E-state index contributed by atoms with van der Waals surface area (Å²) >= 11 is 0. The second kappa shape index (κ2) is 12.8. The summed E-state index contributed by atoms with van der Waals surface area (Å²) in [5.74, 6) is 1.49. The summed E-state index contributed by atoms with van der Waals surface area (Å²) in [4.78, 5) is 14.5. The van der Waals surface area contributed by atoms with Gasteiger partial charge in [0.1, 0.15) is 5.82 Å². The molecule has 1 rings (SSSR count). The molecule has 0 aliphatic rings. The van der Waals surface area contributed by atoms with Gasteiger partial charge < -0.3 is 23.7 Å². The molecule has 0 N–H and O–H groups in total. The van der Waals surface area contributed by atoms with Crippen molar-refractivity contribution in [2.24, 2.45) is 5.92 Å². The van der Waals surface area contributed by atoms with E-state index in [1.807, 2.05) is 30.9 Å². The van der Waals surface area contributed by atoms with E-state index in [1.54, 1.807) is 0 Å². The summed E-state index contributed by atoms with van der Waals surface area (Å²) in [5, 5.41) is 0. The number of aryl methyl sites for hydroxylation is 1. The number of nitrogens with zero attached hydrogens (tertiary/aromatic N) is 2. The fraction of sp³-hybridized carbons (Fsp3) is 0.571. The van der Waals surface area contributed by atoms with Gasteiger partial charge >= 0.3 is 16.5 Å². The smallest absolute Gasteiger partial charge is 0.540 e. The van der Waals surface area contributed by atoms with Gasteiger partial charge in [-0.05, 0) is 19.3 Å². The minimum atomic E-state index is 0. The van der Waals surface area contributed by atoms with Gasteiger partial charge in [0.25, 0.3) is 0 Å². The summed E-state index contributed by atoms with van der Waals surface area (Å²) in [6, 6.07) is 0. The molecule has 1 radical (unpaired) electrons. The van der Waals surface area contributed by atoms with Gasteiger partial charge in [0.05, 0.1) is 5.69 Å². The van der Waals surface area contributed by atoms with Crippen LogP contribution in [-0.4, -0.2) is 15.8 Å². The number of aromatic nitrogens is 2. The molecule has 0 saturated heterocycles. The maximum atomic E-state index is 10.2. The topological polar surface area (TPSA) is 34.9 Å². The van der Waals surface area contributed by atoms with Crippen molar-refractivity contribution in [3.63, 3.8) is 0 Å². The normalized spacial score (nSPS) is 8.78. The Balaban J connectivity index is -0.000000410. The summed E-state index contributed by atoms with van der Waals surface area (Å²) in [6.45, 7) is 12.0. The van der Waals surface area contributed by atoms with Crippen molar-refractivity contribution in [1.29, 1.82) is 0 Å². The molecule has 1 aromatic heterocycles. The zero-order valence-corrected chi connectivity index (χ0v) is 13.1. The predicted octanol–water partition coefficient (Wildman–Crippen LogP) is 3.18. The number of hydrogen-bond acceptors (Lipinski definition) is 2. The van der Waals surface area contributed by atoms with E-state index < -0.39 is 0 Å². The standard InChI is InChI=1S/C10H15N2O.C3H7.CH3.Ni/c1-8(2)6-10-7-12(4-5-13)9(3)11-10;1-3-2;;/h7-8H,4,6H2,1-3H3;1,3H2,2H3;1H3;/q3*-1;+3. The first kappa shape index (κ1) is 22.5. The van der Waals surface area contributed by atoms with Gasteiger partial charge in [0, 0.05) is 6.20 Å². The van der Waals surface area contributed by atoms with E-state index in [1.165, 1.54) is 0 Å². The van der Waals surface area contributed by atoms with Gasteiger partial charge in [0.2, 0.25) is 0 Å². The van der Waals surface area contributed by atoms with Crippen LogP contribution in [0.5, 0.6) is 0 Å². The Kier molecular flexibility index (Phi) is 16.1. The first-order valence-electron chi connectivity index (χ1n) is 5.72. The molecule has 0 amide bonds. The maximum Gasteiger partial charge on any atom is 3.00 e. The second-order valence-corrected chi connectivity index (χ2v) is 4.15. The van der Waals surface area contributed by atoms with E-state index >= 15 is 0 Å². The molecule has 0 atom stereocenters. The molecule has 0 aliphatic carbocycles. The van der Waals surface area contributed by atoms with E-state index in [0.717, 1.165) is 24.4 Å². The molecule has 107 valence electrons. The van der Waals surface area contributed by atoms with Crippen LogP contribution in [0.3, 0.4) is 0 Å². The average Bonchev–Trinajstić information content (AvgIpc) is 2.47. The van der Waals surface area contributed by atoms with Crippen molar-refractivity contribution in [2.75, 3.05) is 0 Å². The molecule has 0 aliphatic heterocycles. The van der Waals surface area contributed by atoms with Crippen LogP contribution in [0.2, 0.25) is 0 Å². The molecular formula is C14H25N2NiO. The Morgan fingerprint density at radius 3 is 2.39 bits per heavy atom. The van der Waals surface area contributed by atoms with Crippen molar-refractivity contribution in [2.45, 2.75) is 47.1 Å². The minimum absolute atomic E-state index is 0. The second-order valence-electron chi connectivity index (χ2n) is 4.15. The number of hydrogen-bond donors (Lipinski definition) is 0. The van der Waals surface area contributed by atoms with Crippen molar-refractivity contribution in [1.82, 2.24) is 9.55 Å². The quantitative estimate of drug-likeness (QED) is 0.632. The van der Waals surface area contributed by atoms with Crippen molar-refractivity contribution in [3.05, 3.63) is 32.1 Å². The molecule has 0 unspecified atom stereocenters. The van der Waals surface area contributed by atoms with E-state index in [9.17, 15) is 4.79 Å². The SMILES string of the molecule is Cc1nc(CC(C)C)cn1C[C-]=O.[CH2-]CC.[CH3-].[Ni+3]. The molecule has 0 bridgehead atoms. The molecule has 0 aromatic carbocycles. The van der Waals surface area contributed by atoms with Crippen LogP contribution in [-0.2, 0) is 34.3 Å². The molecule has 0 saturated carbocycles. The van der Waals surface area contributed by atoms with Crippen LogP contribution in [0.25, 0.3) is 0 Å². The Hall–Kier alpha value is -0.626. The largest absolute Gasteiger partial charge is 3.00 e. The van der Waals surface area contributed by atoms with E-state index in [0.29, 0.717) is 5.92 Å². The van der Waals surface area contributed by atoms with Crippen LogP contribution < -0.4 is 0 Å². The van der Waals surface area contributed by atoms with Gasteiger partial charge in [-0.15, -0.1) is 0 Å². The average molecular weight is 296 g/mol. The number of rotatable bonds is 4. The molecule has 4 heteroatoms. The summed E-state index contributed by atoms with van der Waals surface area (Å²) in [5.41, 5.74) is 1.06. The third kappa shape index (κ3) is 9.41. The predicted molar refractivity (Wildman–Crippen MR) is 73.3 cm³/mol. The summed E-state index contributed by atoms with van der Waals surface area (Å²) < 4.78 is 1.82. The van der Waals surface area contributed by atoms with Crippen LogP contribution in [0.4, 0.5) is 0 Å². The Morgan fingerprint density at radius 1 is 1.50 bits per heavy atom. The van der Waals surface area contributed by atoms with Crippen molar-refractivity contribution >= 4 is 6.29 Å². The van der Waals surface area contributed by atoms with Crippen LogP contribution in [0.15, 0.2) is 6.20 Å². The molecule has 18 heavy (non-hydrogen) atoms. The molecule has 1 heterocycles. The molecule has 0 spiro atoms. The van der Waals surface area contributed by atoms with E-state index in [4.69, 9.17) is 0 Å². The summed E-state index contributed by atoms with van der Waals surface area (Å²) in [7, 11) is 0. The van der Waals surface area contributed by atoms with E-state index in [-0.39, 0.29) is 30.5 Å². The van der Waals surface area contributed by atoms with Gasteiger partial charge in [0.15, 0.2) is 0 Å². The maximum absolute atomic E-state index is 10.2. The third-order valence-corrected chi connectivity index (χ3v) is 1.88. The van der Waals surface area contributed by atoms with Gasteiger partial charge in [-0.25, -0.2) is 11.3 Å². The third-order valence-electron chi connectivity index (χ3n) is 1.88. The minimum Gasteiger partial charge on any atom is -0.540 e. The van der Waals surface area contributed by atoms with Crippen LogP contribution >= 0.6 is 0 Å². The fourth-order valence-electron chi connectivity index (χ4n) is 1.32. The van der Waals surface area contributed by atoms with Gasteiger partial charge in [-0.3, -0.25) is 0 Å². The Morgan fingerprint density at radius 2 is 2.00 bits per heavy atom. The Bertz CT molecular complexity index is 309. The molecular weight excluding hydrogens is 271 g/mol. The first-order chi connectivity index (χ1) is 7.54. The zero-order chi connectivity index (χ0) is 12.6. The monoisotopic (exact) mass is 295 g/mol. The van der Waals surface area contributed by atoms with Gasteiger partial charge in [-0.1, -0.05) is 27.3 Å². The number of carbonyl (C=O) groups excluding carboxylic acids is 1. The zero-order valence-electron chi connectivity index (χ0n) is 12.1. The Labute approximate surface area is 122 Å². The first-order valence-corrected chi connectivity index (χ1v) is 5.72. The van der Waals surface area contributed by atoms with Crippen LogP contribution in [0, 0.1) is 27.2 Å². The van der Waals surface area contributed by atoms with Crippen molar-refractivity contribution in [3.8, 4) is 0 Å².